The van der Waals surface area contributed by atoms with Crippen molar-refractivity contribution in [2.75, 3.05) is 0 Å². The molecule has 3 N–H and O–H groups in total. The van der Waals surface area contributed by atoms with Crippen LogP contribution in [0.1, 0.15) is 49.3 Å². The van der Waals surface area contributed by atoms with Crippen LogP contribution in [0.2, 0.25) is 0 Å². The van der Waals surface area contributed by atoms with Gasteiger partial charge in [-0.25, -0.2) is 4.39 Å². The van der Waals surface area contributed by atoms with Crippen LogP contribution in [-0.4, -0.2) is 11.2 Å². The lowest BCUT2D eigenvalue weighted by Gasteiger charge is -2.30. The Hall–Kier alpha value is -1.14. The topological polar surface area (TPSA) is 46.2 Å². The van der Waals surface area contributed by atoms with Crippen molar-refractivity contribution in [1.82, 2.24) is 0 Å². The minimum atomic E-state index is -4.59. The highest BCUT2D eigenvalue weighted by Gasteiger charge is 2.33. The molecular formula is C15H19F4NO. The van der Waals surface area contributed by atoms with Crippen molar-refractivity contribution in [2.45, 2.75) is 50.4 Å². The van der Waals surface area contributed by atoms with Gasteiger partial charge in [-0.2, -0.15) is 13.2 Å². The lowest BCUT2D eigenvalue weighted by Crippen LogP contribution is -2.34. The molecule has 0 saturated heterocycles. The van der Waals surface area contributed by atoms with Gasteiger partial charge in [-0.05, 0) is 30.9 Å². The zero-order chi connectivity index (χ0) is 15.6. The van der Waals surface area contributed by atoms with Gasteiger partial charge in [0.25, 0.3) is 0 Å². The predicted octanol–water partition coefficient (Wildman–Crippen LogP) is 3.79. The highest BCUT2D eigenvalue weighted by Crippen LogP contribution is 2.34. The average Bonchev–Trinajstić information content (AvgIpc) is 2.45. The number of benzene rings is 1. The second kappa shape index (κ2) is 6.32. The number of halogens is 4. The molecule has 118 valence electrons. The fourth-order valence-corrected chi connectivity index (χ4v) is 2.93. The largest absolute Gasteiger partial charge is 0.416 e. The number of hydrogen-bond donors (Lipinski definition) is 2. The summed E-state index contributed by atoms with van der Waals surface area (Å²) in [6.45, 7) is 0. The monoisotopic (exact) mass is 305 g/mol. The maximum atomic E-state index is 13.9. The van der Waals surface area contributed by atoms with Gasteiger partial charge in [-0.3, -0.25) is 0 Å². The van der Waals surface area contributed by atoms with Crippen molar-refractivity contribution < 1.29 is 22.7 Å². The molecule has 0 aliphatic heterocycles. The first-order valence-corrected chi connectivity index (χ1v) is 7.11. The number of nitrogens with two attached hydrogens (primary N) is 1. The molecule has 1 fully saturated rings. The smallest absolute Gasteiger partial charge is 0.391 e. The molecule has 1 saturated carbocycles. The molecule has 0 spiro atoms. The van der Waals surface area contributed by atoms with E-state index in [0.29, 0.717) is 6.07 Å². The summed E-state index contributed by atoms with van der Waals surface area (Å²) >= 11 is 0. The zero-order valence-electron chi connectivity index (χ0n) is 11.5. The Morgan fingerprint density at radius 3 is 2.29 bits per heavy atom. The van der Waals surface area contributed by atoms with Crippen molar-refractivity contribution >= 4 is 0 Å². The van der Waals surface area contributed by atoms with Crippen LogP contribution in [-0.2, 0) is 6.18 Å². The standard InChI is InChI=1S/C15H19F4NO/c16-12-8-10(15(17,18)19)6-7-11(12)13(20)14(21)9-4-2-1-3-5-9/h6-9,13-14,21H,1-5,20H2/t13-,14+/m1/s1. The third kappa shape index (κ3) is 3.74. The van der Waals surface area contributed by atoms with Gasteiger partial charge < -0.3 is 10.8 Å². The fraction of sp³-hybridized carbons (Fsp3) is 0.600. The Balaban J connectivity index is 2.16. The van der Waals surface area contributed by atoms with Crippen LogP contribution >= 0.6 is 0 Å². The molecule has 0 heterocycles. The summed E-state index contributed by atoms with van der Waals surface area (Å²) in [5.41, 5.74) is 4.74. The molecule has 0 aromatic heterocycles. The van der Waals surface area contributed by atoms with Gasteiger partial charge in [0.15, 0.2) is 0 Å². The number of aliphatic hydroxyl groups excluding tert-OH is 1. The van der Waals surface area contributed by atoms with Crippen LogP contribution in [0.3, 0.4) is 0 Å². The van der Waals surface area contributed by atoms with Crippen LogP contribution in [0.4, 0.5) is 17.6 Å². The Labute approximate surface area is 121 Å². The SMILES string of the molecule is N[C@H](c1ccc(C(F)(F)F)cc1F)[C@@H](O)C1CCCCC1. The minimum Gasteiger partial charge on any atom is -0.391 e. The normalized spacial score (nSPS) is 20.3. The highest BCUT2D eigenvalue weighted by molar-refractivity contribution is 5.29. The average molecular weight is 305 g/mol. The lowest BCUT2D eigenvalue weighted by atomic mass is 9.81. The van der Waals surface area contributed by atoms with Gasteiger partial charge in [0, 0.05) is 5.56 Å². The molecule has 0 bridgehead atoms. The van der Waals surface area contributed by atoms with E-state index in [2.05, 4.69) is 0 Å². The number of rotatable bonds is 3. The van der Waals surface area contributed by atoms with Crippen LogP contribution in [0.5, 0.6) is 0 Å². The van der Waals surface area contributed by atoms with Crippen LogP contribution in [0.25, 0.3) is 0 Å². The van der Waals surface area contributed by atoms with E-state index in [1.807, 2.05) is 0 Å². The van der Waals surface area contributed by atoms with Gasteiger partial charge >= 0.3 is 6.18 Å². The summed E-state index contributed by atoms with van der Waals surface area (Å²) < 4.78 is 51.4. The maximum absolute atomic E-state index is 13.9. The molecule has 1 aromatic rings. The van der Waals surface area contributed by atoms with Crippen LogP contribution < -0.4 is 5.73 Å². The summed E-state index contributed by atoms with van der Waals surface area (Å²) in [6.07, 6.45) is -0.808. The summed E-state index contributed by atoms with van der Waals surface area (Å²) in [7, 11) is 0. The third-order valence-electron chi connectivity index (χ3n) is 4.19. The second-order valence-corrected chi connectivity index (χ2v) is 5.65. The molecule has 2 nitrogen and oxygen atoms in total. The van der Waals surface area contributed by atoms with E-state index >= 15 is 0 Å². The molecule has 2 rings (SSSR count). The van der Waals surface area contributed by atoms with Crippen LogP contribution in [0.15, 0.2) is 18.2 Å². The van der Waals surface area contributed by atoms with Crippen molar-refractivity contribution in [3.05, 3.63) is 35.1 Å². The lowest BCUT2D eigenvalue weighted by molar-refractivity contribution is -0.137. The molecule has 1 aliphatic carbocycles. The second-order valence-electron chi connectivity index (χ2n) is 5.65. The van der Waals surface area contributed by atoms with Gasteiger partial charge in [-0.15, -0.1) is 0 Å². The molecule has 0 amide bonds. The Bertz CT molecular complexity index is 483. The number of alkyl halides is 3. The third-order valence-corrected chi connectivity index (χ3v) is 4.19. The van der Waals surface area contributed by atoms with Crippen molar-refractivity contribution in [2.24, 2.45) is 11.7 Å². The van der Waals surface area contributed by atoms with Crippen molar-refractivity contribution in [1.29, 1.82) is 0 Å². The number of aliphatic hydroxyl groups is 1. The van der Waals surface area contributed by atoms with Gasteiger partial charge in [0.1, 0.15) is 5.82 Å². The maximum Gasteiger partial charge on any atom is 0.416 e. The van der Waals surface area contributed by atoms with E-state index in [1.165, 1.54) is 0 Å². The number of hydrogen-bond acceptors (Lipinski definition) is 2. The van der Waals surface area contributed by atoms with Gasteiger partial charge in [0.05, 0.1) is 17.7 Å². The summed E-state index contributed by atoms with van der Waals surface area (Å²) in [4.78, 5) is 0. The van der Waals surface area contributed by atoms with Gasteiger partial charge in [0.2, 0.25) is 0 Å². The quantitative estimate of drug-likeness (QED) is 0.835. The molecule has 1 aromatic carbocycles. The summed E-state index contributed by atoms with van der Waals surface area (Å²) in [5, 5.41) is 10.2. The Morgan fingerprint density at radius 1 is 1.14 bits per heavy atom. The first-order valence-electron chi connectivity index (χ1n) is 7.11. The molecular weight excluding hydrogens is 286 g/mol. The highest BCUT2D eigenvalue weighted by atomic mass is 19.4. The minimum absolute atomic E-state index is 0.0181. The fourth-order valence-electron chi connectivity index (χ4n) is 2.93. The first kappa shape index (κ1) is 16.2. The zero-order valence-corrected chi connectivity index (χ0v) is 11.5. The summed E-state index contributed by atoms with van der Waals surface area (Å²) in [6, 6.07) is 1.25. The predicted molar refractivity (Wildman–Crippen MR) is 70.9 cm³/mol. The Kier molecular flexibility index (Phi) is 4.88. The van der Waals surface area contributed by atoms with E-state index in [4.69, 9.17) is 5.73 Å². The molecule has 1 aliphatic rings. The van der Waals surface area contributed by atoms with Crippen LogP contribution in [0, 0.1) is 11.7 Å². The molecule has 2 atom stereocenters. The van der Waals surface area contributed by atoms with E-state index in [-0.39, 0.29) is 11.5 Å². The van der Waals surface area contributed by atoms with E-state index in [0.717, 1.165) is 44.2 Å². The van der Waals surface area contributed by atoms with Gasteiger partial charge in [-0.1, -0.05) is 25.3 Å². The summed E-state index contributed by atoms with van der Waals surface area (Å²) in [5.74, 6) is -1.04. The van der Waals surface area contributed by atoms with E-state index in [9.17, 15) is 22.7 Å². The first-order chi connectivity index (χ1) is 9.80. The Morgan fingerprint density at radius 2 is 1.76 bits per heavy atom. The molecule has 0 radical (unpaired) electrons. The molecule has 6 heteroatoms. The van der Waals surface area contributed by atoms with E-state index in [1.54, 1.807) is 0 Å². The molecule has 0 unspecified atom stereocenters. The van der Waals surface area contributed by atoms with Crippen molar-refractivity contribution in [3.63, 3.8) is 0 Å². The molecule has 21 heavy (non-hydrogen) atoms. The van der Waals surface area contributed by atoms with E-state index < -0.39 is 29.7 Å². The van der Waals surface area contributed by atoms with Crippen molar-refractivity contribution in [3.8, 4) is 0 Å².